The lowest BCUT2D eigenvalue weighted by Crippen LogP contribution is -2.17. The summed E-state index contributed by atoms with van der Waals surface area (Å²) in [5.74, 6) is -0.959. The molecule has 122 valence electrons. The normalized spacial score (nSPS) is 10.6. The standard InChI is InChI=1S/C18H16N2O3S/c1-11-3-8-14-15(9-11)24-18(20-14)12-4-6-13(7-5-12)19-16(21)10-17(22)23-2/h3-9H,10H2,1-2H3,(H,19,21). The fourth-order valence-electron chi connectivity index (χ4n) is 2.26. The van der Waals surface area contributed by atoms with Crippen LogP contribution >= 0.6 is 11.3 Å². The summed E-state index contributed by atoms with van der Waals surface area (Å²) in [5.41, 5.74) is 3.81. The van der Waals surface area contributed by atoms with Gasteiger partial charge in [0.25, 0.3) is 0 Å². The maximum absolute atomic E-state index is 11.7. The number of anilines is 1. The number of aromatic nitrogens is 1. The number of carbonyl (C=O) groups excluding carboxylic acids is 2. The van der Waals surface area contributed by atoms with Gasteiger partial charge in [0.05, 0.1) is 17.3 Å². The van der Waals surface area contributed by atoms with Gasteiger partial charge in [-0.05, 0) is 48.9 Å². The number of thiazole rings is 1. The third-order valence-electron chi connectivity index (χ3n) is 3.49. The van der Waals surface area contributed by atoms with Gasteiger partial charge in [-0.3, -0.25) is 9.59 Å². The summed E-state index contributed by atoms with van der Waals surface area (Å²) in [4.78, 5) is 27.4. The fraction of sp³-hybridized carbons (Fsp3) is 0.167. The van der Waals surface area contributed by atoms with Crippen molar-refractivity contribution in [1.29, 1.82) is 0 Å². The first-order valence-corrected chi connectivity index (χ1v) is 8.21. The Morgan fingerprint density at radius 3 is 2.62 bits per heavy atom. The summed E-state index contributed by atoms with van der Waals surface area (Å²) in [6, 6.07) is 13.6. The number of rotatable bonds is 4. The van der Waals surface area contributed by atoms with Crippen molar-refractivity contribution >= 4 is 39.1 Å². The Morgan fingerprint density at radius 1 is 1.17 bits per heavy atom. The Bertz CT molecular complexity index is 900. The number of ether oxygens (including phenoxy) is 1. The van der Waals surface area contributed by atoms with Crippen LogP contribution in [0.4, 0.5) is 5.69 Å². The first-order chi connectivity index (χ1) is 11.5. The van der Waals surface area contributed by atoms with Crippen LogP contribution in [0.5, 0.6) is 0 Å². The number of aryl methyl sites for hydroxylation is 1. The number of esters is 1. The van der Waals surface area contributed by atoms with Crippen molar-refractivity contribution < 1.29 is 14.3 Å². The van der Waals surface area contributed by atoms with Gasteiger partial charge >= 0.3 is 5.97 Å². The van der Waals surface area contributed by atoms with E-state index in [0.29, 0.717) is 5.69 Å². The van der Waals surface area contributed by atoms with Crippen LogP contribution in [-0.2, 0) is 14.3 Å². The van der Waals surface area contributed by atoms with Crippen molar-refractivity contribution in [3.63, 3.8) is 0 Å². The van der Waals surface area contributed by atoms with Gasteiger partial charge in [-0.1, -0.05) is 6.07 Å². The highest BCUT2D eigenvalue weighted by molar-refractivity contribution is 7.21. The molecule has 2 aromatic carbocycles. The summed E-state index contributed by atoms with van der Waals surface area (Å²) < 4.78 is 5.62. The predicted molar refractivity (Wildman–Crippen MR) is 95.1 cm³/mol. The van der Waals surface area contributed by atoms with Crippen LogP contribution in [0.1, 0.15) is 12.0 Å². The molecule has 0 aliphatic rings. The second-order valence-electron chi connectivity index (χ2n) is 5.37. The molecule has 5 nitrogen and oxygen atoms in total. The summed E-state index contributed by atoms with van der Waals surface area (Å²) >= 11 is 1.64. The third-order valence-corrected chi connectivity index (χ3v) is 4.56. The van der Waals surface area contributed by atoms with Crippen molar-refractivity contribution in [3.05, 3.63) is 48.0 Å². The number of methoxy groups -OCH3 is 1. The molecular formula is C18H16N2O3S. The minimum absolute atomic E-state index is 0.296. The van der Waals surface area contributed by atoms with Crippen molar-refractivity contribution in [3.8, 4) is 10.6 Å². The zero-order valence-corrected chi connectivity index (χ0v) is 14.1. The van der Waals surface area contributed by atoms with E-state index in [1.165, 1.54) is 12.7 Å². The van der Waals surface area contributed by atoms with E-state index in [0.717, 1.165) is 20.8 Å². The molecule has 3 aromatic rings. The van der Waals surface area contributed by atoms with Gasteiger partial charge in [-0.15, -0.1) is 11.3 Å². The van der Waals surface area contributed by atoms with Crippen LogP contribution in [-0.4, -0.2) is 24.0 Å². The van der Waals surface area contributed by atoms with E-state index in [1.807, 2.05) is 24.3 Å². The third kappa shape index (κ3) is 3.60. The van der Waals surface area contributed by atoms with Gasteiger partial charge in [-0.25, -0.2) is 4.98 Å². The van der Waals surface area contributed by atoms with E-state index < -0.39 is 11.9 Å². The highest BCUT2D eigenvalue weighted by atomic mass is 32.1. The molecule has 1 aromatic heterocycles. The van der Waals surface area contributed by atoms with E-state index in [4.69, 9.17) is 0 Å². The molecule has 0 atom stereocenters. The van der Waals surface area contributed by atoms with Crippen LogP contribution in [0.15, 0.2) is 42.5 Å². The molecule has 0 aliphatic heterocycles. The number of carbonyl (C=O) groups is 2. The molecule has 1 heterocycles. The highest BCUT2D eigenvalue weighted by Crippen LogP contribution is 2.31. The predicted octanol–water partition coefficient (Wildman–Crippen LogP) is 3.77. The van der Waals surface area contributed by atoms with Crippen molar-refractivity contribution in [2.75, 3.05) is 12.4 Å². The highest BCUT2D eigenvalue weighted by Gasteiger charge is 2.10. The zero-order valence-electron chi connectivity index (χ0n) is 13.3. The fourth-order valence-corrected chi connectivity index (χ4v) is 3.33. The lowest BCUT2D eigenvalue weighted by molar-refractivity contribution is -0.142. The van der Waals surface area contributed by atoms with Gasteiger partial charge < -0.3 is 10.1 Å². The maximum Gasteiger partial charge on any atom is 0.315 e. The van der Waals surface area contributed by atoms with Gasteiger partial charge in [0, 0.05) is 11.3 Å². The maximum atomic E-state index is 11.7. The molecule has 0 unspecified atom stereocenters. The molecule has 0 aliphatic carbocycles. The summed E-state index contributed by atoms with van der Waals surface area (Å²) in [6.45, 7) is 2.06. The van der Waals surface area contributed by atoms with Crippen LogP contribution < -0.4 is 5.32 Å². The van der Waals surface area contributed by atoms with Gasteiger partial charge in [0.2, 0.25) is 5.91 Å². The Kier molecular flexibility index (Phi) is 4.57. The van der Waals surface area contributed by atoms with Gasteiger partial charge in [0.15, 0.2) is 0 Å². The minimum atomic E-state index is -0.561. The number of nitrogens with one attached hydrogen (secondary N) is 1. The van der Waals surface area contributed by atoms with Gasteiger partial charge in [-0.2, -0.15) is 0 Å². The monoisotopic (exact) mass is 340 g/mol. The van der Waals surface area contributed by atoms with E-state index in [9.17, 15) is 9.59 Å². The molecule has 0 fully saturated rings. The number of amides is 1. The summed E-state index contributed by atoms with van der Waals surface area (Å²) in [6.07, 6.45) is -0.296. The van der Waals surface area contributed by atoms with E-state index in [2.05, 4.69) is 28.0 Å². The van der Waals surface area contributed by atoms with Crippen LogP contribution in [0.25, 0.3) is 20.8 Å². The minimum Gasteiger partial charge on any atom is -0.469 e. The average molecular weight is 340 g/mol. The molecule has 1 N–H and O–H groups in total. The molecule has 0 bridgehead atoms. The van der Waals surface area contributed by atoms with Crippen molar-refractivity contribution in [2.24, 2.45) is 0 Å². The second kappa shape index (κ2) is 6.80. The number of hydrogen-bond donors (Lipinski definition) is 1. The second-order valence-corrected chi connectivity index (χ2v) is 6.40. The molecule has 0 saturated carbocycles. The van der Waals surface area contributed by atoms with E-state index in [-0.39, 0.29) is 6.42 Å². The lowest BCUT2D eigenvalue weighted by atomic mass is 10.2. The first-order valence-electron chi connectivity index (χ1n) is 7.39. The average Bonchev–Trinajstić information content (AvgIpc) is 2.98. The largest absolute Gasteiger partial charge is 0.469 e. The summed E-state index contributed by atoms with van der Waals surface area (Å²) in [7, 11) is 1.25. The molecule has 3 rings (SSSR count). The number of hydrogen-bond acceptors (Lipinski definition) is 5. The summed E-state index contributed by atoms with van der Waals surface area (Å²) in [5, 5.41) is 3.60. The molecule has 0 spiro atoms. The number of benzene rings is 2. The molecule has 0 radical (unpaired) electrons. The number of fused-ring (bicyclic) bond motifs is 1. The first kappa shape index (κ1) is 16.1. The Hall–Kier alpha value is -2.73. The van der Waals surface area contributed by atoms with Crippen LogP contribution in [0.2, 0.25) is 0 Å². The van der Waals surface area contributed by atoms with E-state index in [1.54, 1.807) is 23.5 Å². The zero-order chi connectivity index (χ0) is 17.1. The van der Waals surface area contributed by atoms with Crippen LogP contribution in [0, 0.1) is 6.92 Å². The van der Waals surface area contributed by atoms with Crippen molar-refractivity contribution in [1.82, 2.24) is 4.98 Å². The molecule has 6 heteroatoms. The Morgan fingerprint density at radius 2 is 1.92 bits per heavy atom. The quantitative estimate of drug-likeness (QED) is 0.580. The van der Waals surface area contributed by atoms with Crippen LogP contribution in [0.3, 0.4) is 0 Å². The lowest BCUT2D eigenvalue weighted by Gasteiger charge is -2.05. The Balaban J connectivity index is 1.75. The van der Waals surface area contributed by atoms with E-state index >= 15 is 0 Å². The molecular weight excluding hydrogens is 324 g/mol. The SMILES string of the molecule is COC(=O)CC(=O)Nc1ccc(-c2nc3ccc(C)cc3s2)cc1. The topological polar surface area (TPSA) is 68.3 Å². The van der Waals surface area contributed by atoms with Gasteiger partial charge in [0.1, 0.15) is 11.4 Å². The Labute approximate surface area is 143 Å². The molecule has 1 amide bonds. The molecule has 0 saturated heterocycles. The van der Waals surface area contributed by atoms with Crippen molar-refractivity contribution in [2.45, 2.75) is 13.3 Å². The molecule has 24 heavy (non-hydrogen) atoms. The smallest absolute Gasteiger partial charge is 0.315 e. The number of nitrogens with zero attached hydrogens (tertiary/aromatic N) is 1.